The van der Waals surface area contributed by atoms with Crippen LogP contribution in [0.25, 0.3) is 0 Å². The van der Waals surface area contributed by atoms with E-state index in [0.29, 0.717) is 12.5 Å². The van der Waals surface area contributed by atoms with Crippen molar-refractivity contribution in [3.05, 3.63) is 16.1 Å². The Morgan fingerprint density at radius 1 is 1.57 bits per heavy atom. The van der Waals surface area contributed by atoms with Gasteiger partial charge in [-0.3, -0.25) is 0 Å². The zero-order chi connectivity index (χ0) is 10.6. The normalized spacial score (nSPS) is 13.5. The van der Waals surface area contributed by atoms with E-state index in [0.717, 1.165) is 17.3 Å². The summed E-state index contributed by atoms with van der Waals surface area (Å²) in [6, 6.07) is 0. The number of nitrogens with zero attached hydrogens (tertiary/aromatic N) is 1. The predicted molar refractivity (Wildman–Crippen MR) is 59.2 cm³/mol. The summed E-state index contributed by atoms with van der Waals surface area (Å²) < 4.78 is 5.65. The van der Waals surface area contributed by atoms with Crippen LogP contribution in [0.1, 0.15) is 37.6 Å². The van der Waals surface area contributed by atoms with Gasteiger partial charge in [0.2, 0.25) is 0 Å². The molecule has 0 amide bonds. The average molecular weight is 214 g/mol. The van der Waals surface area contributed by atoms with E-state index in [1.807, 2.05) is 12.3 Å². The van der Waals surface area contributed by atoms with Gasteiger partial charge in [0, 0.05) is 18.5 Å². The Bertz CT molecular complexity index is 273. The Balaban J connectivity index is 2.76. The van der Waals surface area contributed by atoms with Gasteiger partial charge >= 0.3 is 0 Å². The summed E-state index contributed by atoms with van der Waals surface area (Å²) in [7, 11) is 0. The molecular weight excluding hydrogens is 196 g/mol. The lowest BCUT2D eigenvalue weighted by atomic mass is 10.1. The van der Waals surface area contributed by atoms with Crippen LogP contribution in [0.4, 0.5) is 0 Å². The summed E-state index contributed by atoms with van der Waals surface area (Å²) in [5, 5.41) is 3.05. The fourth-order valence-electron chi connectivity index (χ4n) is 1.28. The molecule has 14 heavy (non-hydrogen) atoms. The second-order valence-electron chi connectivity index (χ2n) is 3.50. The fourth-order valence-corrected chi connectivity index (χ4v) is 2.33. The van der Waals surface area contributed by atoms with Crippen LogP contribution in [0.5, 0.6) is 0 Å². The smallest absolute Gasteiger partial charge is 0.122 e. The van der Waals surface area contributed by atoms with Gasteiger partial charge in [-0.1, -0.05) is 13.8 Å². The van der Waals surface area contributed by atoms with Gasteiger partial charge < -0.3 is 10.5 Å². The SMILES string of the molecule is CCOC(c1nc(CN)cs1)C(C)C. The molecule has 0 aliphatic carbocycles. The Morgan fingerprint density at radius 3 is 2.71 bits per heavy atom. The van der Waals surface area contributed by atoms with Gasteiger partial charge in [-0.05, 0) is 12.8 Å². The third-order valence-corrected chi connectivity index (χ3v) is 2.93. The van der Waals surface area contributed by atoms with Crippen molar-refractivity contribution in [3.8, 4) is 0 Å². The highest BCUT2D eigenvalue weighted by atomic mass is 32.1. The van der Waals surface area contributed by atoms with E-state index >= 15 is 0 Å². The lowest BCUT2D eigenvalue weighted by Gasteiger charge is -2.17. The van der Waals surface area contributed by atoms with Gasteiger partial charge in [0.1, 0.15) is 11.1 Å². The minimum atomic E-state index is 0.116. The summed E-state index contributed by atoms with van der Waals surface area (Å²) in [5.74, 6) is 0.451. The van der Waals surface area contributed by atoms with Crippen LogP contribution < -0.4 is 5.73 Å². The summed E-state index contributed by atoms with van der Waals surface area (Å²) in [6.07, 6.45) is 0.116. The molecule has 1 aromatic rings. The molecule has 0 aromatic carbocycles. The highest BCUT2D eigenvalue weighted by molar-refractivity contribution is 7.09. The van der Waals surface area contributed by atoms with E-state index in [9.17, 15) is 0 Å². The van der Waals surface area contributed by atoms with Crippen LogP contribution in [-0.2, 0) is 11.3 Å². The van der Waals surface area contributed by atoms with Crippen LogP contribution in [0.3, 0.4) is 0 Å². The molecule has 1 aromatic heterocycles. The van der Waals surface area contributed by atoms with Gasteiger partial charge in [-0.15, -0.1) is 11.3 Å². The van der Waals surface area contributed by atoms with Crippen LogP contribution in [0.15, 0.2) is 5.38 Å². The van der Waals surface area contributed by atoms with Crippen LogP contribution in [0, 0.1) is 5.92 Å². The van der Waals surface area contributed by atoms with E-state index in [4.69, 9.17) is 10.5 Å². The number of thiazole rings is 1. The van der Waals surface area contributed by atoms with Gasteiger partial charge in [0.05, 0.1) is 5.69 Å². The maximum Gasteiger partial charge on any atom is 0.122 e. The molecule has 0 saturated carbocycles. The zero-order valence-corrected chi connectivity index (χ0v) is 9.80. The van der Waals surface area contributed by atoms with Crippen molar-refractivity contribution < 1.29 is 4.74 Å². The number of rotatable bonds is 5. The molecule has 0 saturated heterocycles. The maximum absolute atomic E-state index is 5.65. The first-order valence-corrected chi connectivity index (χ1v) is 5.83. The largest absolute Gasteiger partial charge is 0.371 e. The second kappa shape index (κ2) is 5.44. The van der Waals surface area contributed by atoms with E-state index in [1.165, 1.54) is 0 Å². The molecule has 0 bridgehead atoms. The lowest BCUT2D eigenvalue weighted by Crippen LogP contribution is -2.11. The van der Waals surface area contributed by atoms with Crippen molar-refractivity contribution in [1.82, 2.24) is 4.98 Å². The van der Waals surface area contributed by atoms with Crippen molar-refractivity contribution >= 4 is 11.3 Å². The van der Waals surface area contributed by atoms with Crippen molar-refractivity contribution in [3.63, 3.8) is 0 Å². The highest BCUT2D eigenvalue weighted by Gasteiger charge is 2.19. The maximum atomic E-state index is 5.65. The third-order valence-electron chi connectivity index (χ3n) is 1.97. The van der Waals surface area contributed by atoms with Gasteiger partial charge in [-0.25, -0.2) is 4.98 Å². The molecule has 0 fully saturated rings. The van der Waals surface area contributed by atoms with Crippen LogP contribution in [-0.4, -0.2) is 11.6 Å². The van der Waals surface area contributed by atoms with E-state index in [2.05, 4.69) is 18.8 Å². The van der Waals surface area contributed by atoms with E-state index in [1.54, 1.807) is 11.3 Å². The molecule has 1 unspecified atom stereocenters. The first-order valence-electron chi connectivity index (χ1n) is 4.95. The Kier molecular flexibility index (Phi) is 4.51. The number of hydrogen-bond acceptors (Lipinski definition) is 4. The molecule has 80 valence electrons. The molecule has 4 heteroatoms. The standard InChI is InChI=1S/C10H18N2OS/c1-4-13-9(7(2)3)10-12-8(5-11)6-14-10/h6-7,9H,4-5,11H2,1-3H3. The Labute approximate surface area is 89.3 Å². The Morgan fingerprint density at radius 2 is 2.29 bits per heavy atom. The third kappa shape index (κ3) is 2.77. The van der Waals surface area contributed by atoms with Crippen LogP contribution >= 0.6 is 11.3 Å². The molecule has 0 aliphatic heterocycles. The molecule has 2 N–H and O–H groups in total. The van der Waals surface area contributed by atoms with Crippen molar-refractivity contribution in [1.29, 1.82) is 0 Å². The number of nitrogens with two attached hydrogens (primary N) is 1. The molecule has 1 heterocycles. The summed E-state index contributed by atoms with van der Waals surface area (Å²) in [4.78, 5) is 4.44. The number of aromatic nitrogens is 1. The topological polar surface area (TPSA) is 48.1 Å². The molecule has 0 spiro atoms. The van der Waals surface area contributed by atoms with Crippen LogP contribution in [0.2, 0.25) is 0 Å². The summed E-state index contributed by atoms with van der Waals surface area (Å²) in [5.41, 5.74) is 6.47. The number of hydrogen-bond donors (Lipinski definition) is 1. The Hall–Kier alpha value is -0.450. The van der Waals surface area contributed by atoms with Crippen molar-refractivity contribution in [2.75, 3.05) is 6.61 Å². The number of ether oxygens (including phenoxy) is 1. The lowest BCUT2D eigenvalue weighted by molar-refractivity contribution is 0.0292. The van der Waals surface area contributed by atoms with Gasteiger partial charge in [0.15, 0.2) is 0 Å². The molecular formula is C10H18N2OS. The van der Waals surface area contributed by atoms with E-state index < -0.39 is 0 Å². The molecule has 0 aliphatic rings. The summed E-state index contributed by atoms with van der Waals surface area (Å²) >= 11 is 1.63. The first kappa shape index (κ1) is 11.6. The predicted octanol–water partition coefficient (Wildman–Crippen LogP) is 2.34. The second-order valence-corrected chi connectivity index (χ2v) is 4.39. The van der Waals surface area contributed by atoms with Gasteiger partial charge in [0.25, 0.3) is 0 Å². The minimum Gasteiger partial charge on any atom is -0.371 e. The minimum absolute atomic E-state index is 0.116. The average Bonchev–Trinajstić information content (AvgIpc) is 2.61. The van der Waals surface area contributed by atoms with Gasteiger partial charge in [-0.2, -0.15) is 0 Å². The first-order chi connectivity index (χ1) is 6.69. The summed E-state index contributed by atoms with van der Waals surface area (Å²) in [6.45, 7) is 7.52. The molecule has 0 radical (unpaired) electrons. The quantitative estimate of drug-likeness (QED) is 0.818. The fraction of sp³-hybridized carbons (Fsp3) is 0.700. The highest BCUT2D eigenvalue weighted by Crippen LogP contribution is 2.28. The molecule has 1 rings (SSSR count). The van der Waals surface area contributed by atoms with Crippen molar-refractivity contribution in [2.45, 2.75) is 33.4 Å². The molecule has 1 atom stereocenters. The molecule has 3 nitrogen and oxygen atoms in total. The van der Waals surface area contributed by atoms with Crippen molar-refractivity contribution in [2.24, 2.45) is 11.7 Å². The van der Waals surface area contributed by atoms with E-state index in [-0.39, 0.29) is 6.10 Å². The zero-order valence-electron chi connectivity index (χ0n) is 8.99. The monoisotopic (exact) mass is 214 g/mol.